The first-order valence-electron chi connectivity index (χ1n) is 9.83. The number of hydrogen-bond donors (Lipinski definition) is 1. The standard InChI is InChI=1S/C11H14O.C11H12O.C2H5.CH4.B.Na.H2O/c2*12-11-8-4-2-6-9-5-1-3-7-10(9)11;1-2;;;;/h1,3,5,7,11-12H,2,4,6,8H2;1,3,5,7H,2,4,6,8H2;1H2,2H3;1H4;;;1H2/q;;-1;;;+1;. The second-order valence-electron chi connectivity index (χ2n) is 6.75. The fourth-order valence-corrected chi connectivity index (χ4v) is 3.64. The molecule has 1 atom stereocenters. The van der Waals surface area contributed by atoms with Gasteiger partial charge < -0.3 is 17.5 Å². The first-order chi connectivity index (χ1) is 12.8. The van der Waals surface area contributed by atoms with Gasteiger partial charge in [-0.2, -0.15) is 6.92 Å². The van der Waals surface area contributed by atoms with Crippen LogP contribution >= 0.6 is 0 Å². The Kier molecular flexibility index (Phi) is 21.2. The Balaban J connectivity index is -0.000000400. The molecule has 0 saturated heterocycles. The van der Waals surface area contributed by atoms with Crippen molar-refractivity contribution in [3.05, 3.63) is 77.7 Å². The quantitative estimate of drug-likeness (QED) is 0.405. The van der Waals surface area contributed by atoms with Crippen LogP contribution in [0.5, 0.6) is 0 Å². The van der Waals surface area contributed by atoms with Gasteiger partial charge in [0.25, 0.3) is 0 Å². The van der Waals surface area contributed by atoms with Crippen molar-refractivity contribution >= 4 is 14.2 Å². The first kappa shape index (κ1) is 33.7. The van der Waals surface area contributed by atoms with Crippen molar-refractivity contribution in [1.82, 2.24) is 0 Å². The van der Waals surface area contributed by atoms with Crippen LogP contribution in [-0.4, -0.2) is 24.8 Å². The summed E-state index contributed by atoms with van der Waals surface area (Å²) in [4.78, 5) is 11.5. The van der Waals surface area contributed by atoms with Gasteiger partial charge in [-0.3, -0.25) is 4.79 Å². The first-order valence-corrected chi connectivity index (χ1v) is 9.83. The van der Waals surface area contributed by atoms with Gasteiger partial charge in [-0.15, -0.1) is 0 Å². The van der Waals surface area contributed by atoms with Gasteiger partial charge in [-0.1, -0.05) is 62.4 Å². The largest absolute Gasteiger partial charge is 1.00 e. The number of fused-ring (bicyclic) bond motifs is 2. The van der Waals surface area contributed by atoms with E-state index in [9.17, 15) is 9.90 Å². The van der Waals surface area contributed by atoms with Crippen molar-refractivity contribution in [3.8, 4) is 0 Å². The van der Waals surface area contributed by atoms with Gasteiger partial charge >= 0.3 is 29.6 Å². The molecule has 159 valence electrons. The van der Waals surface area contributed by atoms with Gasteiger partial charge in [0.1, 0.15) is 0 Å². The van der Waals surface area contributed by atoms with E-state index < -0.39 is 0 Å². The van der Waals surface area contributed by atoms with Crippen LogP contribution in [0.25, 0.3) is 0 Å². The molecule has 1 unspecified atom stereocenters. The third kappa shape index (κ3) is 9.93. The molecule has 3 nitrogen and oxygen atoms in total. The van der Waals surface area contributed by atoms with E-state index in [4.69, 9.17) is 0 Å². The predicted molar refractivity (Wildman–Crippen MR) is 124 cm³/mol. The van der Waals surface area contributed by atoms with Gasteiger partial charge in [0.05, 0.1) is 6.10 Å². The molecule has 0 fully saturated rings. The molecule has 5 heteroatoms. The summed E-state index contributed by atoms with van der Waals surface area (Å²) in [6.07, 6.45) is 8.22. The summed E-state index contributed by atoms with van der Waals surface area (Å²) in [7, 11) is 0. The minimum atomic E-state index is -0.219. The second kappa shape index (κ2) is 18.8. The summed E-state index contributed by atoms with van der Waals surface area (Å²) in [5, 5.41) is 9.74. The smallest absolute Gasteiger partial charge is 0.412 e. The number of rotatable bonds is 0. The molecule has 0 saturated carbocycles. The topological polar surface area (TPSA) is 68.8 Å². The van der Waals surface area contributed by atoms with Crippen LogP contribution in [0.4, 0.5) is 0 Å². The summed E-state index contributed by atoms with van der Waals surface area (Å²) in [6.45, 7) is 5.00. The third-order valence-electron chi connectivity index (χ3n) is 5.01. The van der Waals surface area contributed by atoms with Gasteiger partial charge in [0, 0.05) is 20.4 Å². The molecule has 0 aliphatic heterocycles. The van der Waals surface area contributed by atoms with Crippen molar-refractivity contribution in [3.63, 3.8) is 0 Å². The maximum Gasteiger partial charge on any atom is 1.00 e. The van der Waals surface area contributed by atoms with E-state index >= 15 is 0 Å². The number of aliphatic hydroxyl groups excluding tert-OH is 1. The Bertz CT molecular complexity index is 706. The molecular weight excluding hydrogens is 382 g/mol. The Hall–Kier alpha value is -0.905. The molecule has 0 spiro atoms. The number of aryl methyl sites for hydroxylation is 2. The van der Waals surface area contributed by atoms with Crippen LogP contribution in [0.1, 0.15) is 86.0 Å². The molecule has 2 aromatic rings. The van der Waals surface area contributed by atoms with Crippen molar-refractivity contribution in [2.24, 2.45) is 0 Å². The summed E-state index contributed by atoms with van der Waals surface area (Å²) >= 11 is 0. The van der Waals surface area contributed by atoms with Crippen LogP contribution in [0.15, 0.2) is 48.5 Å². The number of carbonyl (C=O) groups is 1. The number of Topliss-reactive ketones (excluding diaryl/α,β-unsaturated/α-hetero) is 1. The summed E-state index contributed by atoms with van der Waals surface area (Å²) in [6, 6.07) is 16.2. The zero-order chi connectivity index (χ0) is 18.8. The van der Waals surface area contributed by atoms with Crippen molar-refractivity contribution in [2.45, 2.75) is 71.8 Å². The minimum Gasteiger partial charge on any atom is -0.412 e. The van der Waals surface area contributed by atoms with Crippen LogP contribution < -0.4 is 29.6 Å². The molecule has 2 aliphatic rings. The van der Waals surface area contributed by atoms with E-state index in [1.54, 1.807) is 6.92 Å². The Morgan fingerprint density at radius 1 is 0.833 bits per heavy atom. The van der Waals surface area contributed by atoms with E-state index in [0.717, 1.165) is 56.1 Å². The Morgan fingerprint density at radius 2 is 1.33 bits per heavy atom. The zero-order valence-electron chi connectivity index (χ0n) is 18.0. The van der Waals surface area contributed by atoms with E-state index in [1.807, 2.05) is 30.3 Å². The third-order valence-corrected chi connectivity index (χ3v) is 5.01. The van der Waals surface area contributed by atoms with Gasteiger partial charge in [0.15, 0.2) is 5.78 Å². The number of hydrogen-bond acceptors (Lipinski definition) is 2. The average Bonchev–Trinajstić information content (AvgIpc) is 3.01. The van der Waals surface area contributed by atoms with Gasteiger partial charge in [-0.05, 0) is 55.2 Å². The summed E-state index contributed by atoms with van der Waals surface area (Å²) in [5.41, 5.74) is 4.67. The predicted octanol–water partition coefficient (Wildman–Crippen LogP) is 2.32. The maximum atomic E-state index is 11.5. The fourth-order valence-electron chi connectivity index (χ4n) is 3.64. The monoisotopic (exact) mass is 419 g/mol. The van der Waals surface area contributed by atoms with E-state index in [1.165, 1.54) is 17.5 Å². The summed E-state index contributed by atoms with van der Waals surface area (Å²) < 4.78 is 0. The number of carbonyl (C=O) groups excluding carboxylic acids is 1. The van der Waals surface area contributed by atoms with Crippen LogP contribution in [-0.2, 0) is 12.8 Å². The molecular formula is C25H37BNaO3. The van der Waals surface area contributed by atoms with E-state index in [0.29, 0.717) is 5.78 Å². The molecule has 2 aliphatic carbocycles. The second-order valence-corrected chi connectivity index (χ2v) is 6.75. The van der Waals surface area contributed by atoms with Crippen LogP contribution in [0.2, 0.25) is 0 Å². The molecule has 4 rings (SSSR count). The number of aliphatic hydroxyl groups is 1. The Labute approximate surface area is 207 Å². The average molecular weight is 419 g/mol. The molecule has 0 heterocycles. The molecule has 0 aromatic heterocycles. The normalized spacial score (nSPS) is 16.1. The van der Waals surface area contributed by atoms with Crippen LogP contribution in [0.3, 0.4) is 0 Å². The molecule has 0 bridgehead atoms. The maximum absolute atomic E-state index is 11.5. The van der Waals surface area contributed by atoms with Gasteiger partial charge in [0.2, 0.25) is 0 Å². The Morgan fingerprint density at radius 3 is 2.03 bits per heavy atom. The zero-order valence-corrected chi connectivity index (χ0v) is 20.0. The molecule has 3 radical (unpaired) electrons. The van der Waals surface area contributed by atoms with Crippen molar-refractivity contribution < 1.29 is 44.9 Å². The number of benzene rings is 2. The van der Waals surface area contributed by atoms with Crippen molar-refractivity contribution in [2.75, 3.05) is 0 Å². The SMILES string of the molecule is C.O.O=C1CCCCc2ccccc21.OC1CCCCc2ccccc21.[B].[CH2-]C.[Na+]. The minimum absolute atomic E-state index is 0. The van der Waals surface area contributed by atoms with Gasteiger partial charge in [-0.25, -0.2) is 0 Å². The van der Waals surface area contributed by atoms with Crippen molar-refractivity contribution in [1.29, 1.82) is 0 Å². The fraction of sp³-hybridized carbons (Fsp3) is 0.440. The molecule has 0 amide bonds. The molecule has 3 N–H and O–H groups in total. The number of ketones is 1. The summed E-state index contributed by atoms with van der Waals surface area (Å²) in [5.74, 6) is 0.322. The molecule has 30 heavy (non-hydrogen) atoms. The van der Waals surface area contributed by atoms with E-state index in [2.05, 4.69) is 25.1 Å². The van der Waals surface area contributed by atoms with E-state index in [-0.39, 0.29) is 57.0 Å². The van der Waals surface area contributed by atoms with Crippen LogP contribution in [0, 0.1) is 6.92 Å². The molecule has 2 aromatic carbocycles.